The summed E-state index contributed by atoms with van der Waals surface area (Å²) in [5, 5.41) is 10.1. The summed E-state index contributed by atoms with van der Waals surface area (Å²) in [5.41, 5.74) is 3.69. The minimum absolute atomic E-state index is 0.0378. The Morgan fingerprint density at radius 2 is 2.09 bits per heavy atom. The molecule has 1 aliphatic rings. The second kappa shape index (κ2) is 7.42. The molecule has 1 aromatic carbocycles. The summed E-state index contributed by atoms with van der Waals surface area (Å²) in [5.74, 6) is 0.697. The van der Waals surface area contributed by atoms with Gasteiger partial charge >= 0.3 is 0 Å². The maximum atomic E-state index is 12.2. The van der Waals surface area contributed by atoms with Gasteiger partial charge in [0.1, 0.15) is 0 Å². The van der Waals surface area contributed by atoms with Crippen molar-refractivity contribution in [3.8, 4) is 0 Å². The first-order valence-electron chi connectivity index (χ1n) is 8.20. The summed E-state index contributed by atoms with van der Waals surface area (Å²) in [6.07, 6.45) is 3.42. The lowest BCUT2D eigenvalue weighted by Crippen LogP contribution is -2.28. The van der Waals surface area contributed by atoms with Crippen molar-refractivity contribution in [2.24, 2.45) is 5.92 Å². The monoisotopic (exact) mass is 313 g/mol. The highest BCUT2D eigenvalue weighted by atomic mass is 16.5. The van der Waals surface area contributed by atoms with Crippen LogP contribution in [-0.4, -0.2) is 29.3 Å². The fourth-order valence-electron chi connectivity index (χ4n) is 2.90. The summed E-state index contributed by atoms with van der Waals surface area (Å²) in [7, 11) is 0. The van der Waals surface area contributed by atoms with Gasteiger partial charge in [0, 0.05) is 30.9 Å². The van der Waals surface area contributed by atoms with E-state index in [9.17, 15) is 4.79 Å². The van der Waals surface area contributed by atoms with Gasteiger partial charge in [0.2, 0.25) is 5.91 Å². The molecular formula is C18H23N3O2. The number of aromatic nitrogens is 2. The molecule has 2 N–H and O–H groups in total. The van der Waals surface area contributed by atoms with Crippen molar-refractivity contribution in [1.82, 2.24) is 10.2 Å². The molecule has 1 aliphatic heterocycles. The molecule has 1 amide bonds. The summed E-state index contributed by atoms with van der Waals surface area (Å²) in [6.45, 7) is 3.46. The van der Waals surface area contributed by atoms with E-state index >= 15 is 0 Å². The molecule has 5 nitrogen and oxygen atoms in total. The quantitative estimate of drug-likeness (QED) is 0.892. The van der Waals surface area contributed by atoms with Gasteiger partial charge in [-0.15, -0.1) is 0 Å². The Morgan fingerprint density at radius 3 is 2.87 bits per heavy atom. The third-order valence-electron chi connectivity index (χ3n) is 4.40. The molecule has 1 saturated heterocycles. The van der Waals surface area contributed by atoms with E-state index in [0.717, 1.165) is 31.4 Å². The number of aryl methyl sites for hydroxylation is 3. The van der Waals surface area contributed by atoms with E-state index in [-0.39, 0.29) is 11.8 Å². The van der Waals surface area contributed by atoms with Crippen LogP contribution in [0.1, 0.15) is 29.7 Å². The van der Waals surface area contributed by atoms with Crippen LogP contribution in [0, 0.1) is 12.8 Å². The number of carbonyl (C=O) groups is 1. The van der Waals surface area contributed by atoms with Crippen molar-refractivity contribution in [2.45, 2.75) is 32.6 Å². The molecule has 0 radical (unpaired) electrons. The van der Waals surface area contributed by atoms with Gasteiger partial charge in [-0.05, 0) is 43.7 Å². The van der Waals surface area contributed by atoms with Gasteiger partial charge in [0.25, 0.3) is 0 Å². The highest BCUT2D eigenvalue weighted by Gasteiger charge is 2.22. The van der Waals surface area contributed by atoms with Crippen LogP contribution < -0.4 is 5.32 Å². The molecular weight excluding hydrogens is 290 g/mol. The Hall–Kier alpha value is -2.14. The molecule has 0 unspecified atom stereocenters. The molecule has 5 heteroatoms. The van der Waals surface area contributed by atoms with Gasteiger partial charge in [-0.25, -0.2) is 0 Å². The summed E-state index contributed by atoms with van der Waals surface area (Å²) < 4.78 is 5.29. The Labute approximate surface area is 136 Å². The number of amides is 1. The molecule has 0 spiro atoms. The van der Waals surface area contributed by atoms with Gasteiger partial charge in [-0.3, -0.25) is 9.89 Å². The Morgan fingerprint density at radius 1 is 1.30 bits per heavy atom. The first-order chi connectivity index (χ1) is 11.2. The molecule has 122 valence electrons. The van der Waals surface area contributed by atoms with Crippen LogP contribution in [0.25, 0.3) is 0 Å². The topological polar surface area (TPSA) is 67.0 Å². The fraction of sp³-hybridized carbons (Fsp3) is 0.444. The second-order valence-corrected chi connectivity index (χ2v) is 6.08. The number of rotatable bonds is 5. The number of aromatic amines is 1. The minimum atomic E-state index is 0.0378. The number of H-pyrrole nitrogens is 1. The lowest BCUT2D eigenvalue weighted by Gasteiger charge is -2.20. The molecule has 23 heavy (non-hydrogen) atoms. The highest BCUT2D eigenvalue weighted by Crippen LogP contribution is 2.18. The van der Waals surface area contributed by atoms with E-state index in [0.29, 0.717) is 19.0 Å². The van der Waals surface area contributed by atoms with Crippen LogP contribution in [0.3, 0.4) is 0 Å². The standard InChI is InChI=1S/C18H23N3O2/c1-13-4-2-3-5-14(13)6-7-16-12-17(21-20-16)19-18(22)15-8-10-23-11-9-15/h2-5,12,15H,6-11H2,1H3,(H2,19,20,21,22). The van der Waals surface area contributed by atoms with Crippen LogP contribution in [0.2, 0.25) is 0 Å². The van der Waals surface area contributed by atoms with Gasteiger partial charge in [0.05, 0.1) is 0 Å². The Balaban J connectivity index is 1.53. The third kappa shape index (κ3) is 4.20. The molecule has 0 atom stereocenters. The highest BCUT2D eigenvalue weighted by molar-refractivity contribution is 5.91. The van der Waals surface area contributed by atoms with Crippen molar-refractivity contribution in [1.29, 1.82) is 0 Å². The van der Waals surface area contributed by atoms with Crippen LogP contribution in [-0.2, 0) is 22.4 Å². The molecule has 0 bridgehead atoms. The van der Waals surface area contributed by atoms with Crippen molar-refractivity contribution < 1.29 is 9.53 Å². The zero-order valence-corrected chi connectivity index (χ0v) is 13.5. The molecule has 1 fully saturated rings. The van der Waals surface area contributed by atoms with E-state index in [1.807, 2.05) is 6.07 Å². The van der Waals surface area contributed by atoms with E-state index in [1.54, 1.807) is 0 Å². The number of benzene rings is 1. The van der Waals surface area contributed by atoms with Crippen molar-refractivity contribution in [3.05, 3.63) is 47.2 Å². The molecule has 1 aromatic heterocycles. The molecule has 2 aromatic rings. The van der Waals surface area contributed by atoms with Gasteiger partial charge in [-0.1, -0.05) is 24.3 Å². The fourth-order valence-corrected chi connectivity index (χ4v) is 2.90. The smallest absolute Gasteiger partial charge is 0.228 e. The third-order valence-corrected chi connectivity index (χ3v) is 4.40. The predicted octanol–water partition coefficient (Wildman–Crippen LogP) is 2.87. The summed E-state index contributed by atoms with van der Waals surface area (Å²) >= 11 is 0. The van der Waals surface area contributed by atoms with Gasteiger partial charge in [0.15, 0.2) is 5.82 Å². The Bertz CT molecular complexity index is 660. The zero-order chi connectivity index (χ0) is 16.1. The van der Waals surface area contributed by atoms with E-state index < -0.39 is 0 Å². The molecule has 0 aliphatic carbocycles. The van der Waals surface area contributed by atoms with Crippen molar-refractivity contribution >= 4 is 11.7 Å². The maximum absolute atomic E-state index is 12.2. The van der Waals surface area contributed by atoms with E-state index in [4.69, 9.17) is 4.74 Å². The van der Waals surface area contributed by atoms with Gasteiger partial charge in [-0.2, -0.15) is 5.10 Å². The first-order valence-corrected chi connectivity index (χ1v) is 8.20. The van der Waals surface area contributed by atoms with Crippen molar-refractivity contribution in [2.75, 3.05) is 18.5 Å². The molecule has 2 heterocycles. The second-order valence-electron chi connectivity index (χ2n) is 6.08. The van der Waals surface area contributed by atoms with Crippen LogP contribution in [0.4, 0.5) is 5.82 Å². The normalized spacial score (nSPS) is 15.5. The summed E-state index contributed by atoms with van der Waals surface area (Å²) in [6, 6.07) is 10.3. The number of hydrogen-bond donors (Lipinski definition) is 2. The van der Waals surface area contributed by atoms with E-state index in [1.165, 1.54) is 11.1 Å². The first kappa shape index (κ1) is 15.7. The summed E-state index contributed by atoms with van der Waals surface area (Å²) in [4.78, 5) is 12.2. The lowest BCUT2D eigenvalue weighted by atomic mass is 9.99. The van der Waals surface area contributed by atoms with Crippen LogP contribution in [0.15, 0.2) is 30.3 Å². The number of nitrogens with one attached hydrogen (secondary N) is 2. The molecule has 0 saturated carbocycles. The van der Waals surface area contributed by atoms with Gasteiger partial charge < -0.3 is 10.1 Å². The average molecular weight is 313 g/mol. The SMILES string of the molecule is Cc1ccccc1CCc1cc(NC(=O)C2CCOCC2)n[nH]1. The number of nitrogens with zero attached hydrogens (tertiary/aromatic N) is 1. The average Bonchev–Trinajstić information content (AvgIpc) is 3.02. The Kier molecular flexibility index (Phi) is 5.08. The van der Waals surface area contributed by atoms with Crippen molar-refractivity contribution in [3.63, 3.8) is 0 Å². The van der Waals surface area contributed by atoms with E-state index in [2.05, 4.69) is 46.7 Å². The number of anilines is 1. The van der Waals surface area contributed by atoms with Crippen LogP contribution >= 0.6 is 0 Å². The predicted molar refractivity (Wildman–Crippen MR) is 89.3 cm³/mol. The van der Waals surface area contributed by atoms with Crippen LogP contribution in [0.5, 0.6) is 0 Å². The largest absolute Gasteiger partial charge is 0.381 e. The number of hydrogen-bond acceptors (Lipinski definition) is 3. The maximum Gasteiger partial charge on any atom is 0.228 e. The lowest BCUT2D eigenvalue weighted by molar-refractivity contribution is -0.122. The minimum Gasteiger partial charge on any atom is -0.381 e. The number of ether oxygens (including phenoxy) is 1. The number of carbonyl (C=O) groups excluding carboxylic acids is 1. The zero-order valence-electron chi connectivity index (χ0n) is 13.5. The molecule has 3 rings (SSSR count).